The predicted octanol–water partition coefficient (Wildman–Crippen LogP) is -1.63. The Morgan fingerprint density at radius 3 is 2.56 bits per heavy atom. The third-order valence-electron chi connectivity index (χ3n) is 3.50. The van der Waals surface area contributed by atoms with E-state index >= 15 is 0 Å². The number of rotatable bonds is 8. The van der Waals surface area contributed by atoms with Crippen LogP contribution in [0.4, 0.5) is 0 Å². The number of aliphatic hydroxyl groups is 1. The van der Waals surface area contributed by atoms with Crippen LogP contribution >= 0.6 is 0 Å². The van der Waals surface area contributed by atoms with Crippen LogP contribution in [0.1, 0.15) is 20.1 Å². The first-order valence-corrected chi connectivity index (χ1v) is 7.63. The molecule has 0 amide bonds. The van der Waals surface area contributed by atoms with Crippen molar-refractivity contribution < 1.29 is 28.9 Å². The van der Waals surface area contributed by atoms with Crippen molar-refractivity contribution in [3.8, 4) is 0 Å². The molecule has 2 N–H and O–H groups in total. The van der Waals surface area contributed by atoms with E-state index in [1.807, 2.05) is 0 Å². The molecule has 0 aliphatic carbocycles. The van der Waals surface area contributed by atoms with Crippen LogP contribution in [-0.2, 0) is 23.8 Å². The number of carbonyl (C=O) groups is 2. The third kappa shape index (κ3) is 4.92. The predicted molar refractivity (Wildman–Crippen MR) is 83.2 cm³/mol. The Bertz CT molecular complexity index is 740. The van der Waals surface area contributed by atoms with Crippen LogP contribution in [0.2, 0.25) is 0 Å². The number of aromatic nitrogens is 2. The van der Waals surface area contributed by atoms with E-state index in [0.717, 1.165) is 10.6 Å². The van der Waals surface area contributed by atoms with E-state index in [1.165, 1.54) is 20.0 Å². The molecule has 138 valence electrons. The maximum Gasteiger partial charge on any atom is 0.330 e. The summed E-state index contributed by atoms with van der Waals surface area (Å²) in [6, 6.07) is 1.12. The lowest BCUT2D eigenvalue weighted by Crippen LogP contribution is -2.40. The standard InChI is InChI=1S/C15H20N2O8/c1-8(18)5-23-7-10-12(21)13(24-6-9(2)19)14(25-10)17-4-3-11(20)16-15(17)22/h3-4,10,12-14,21H,5-7H2,1-2H3,(H,16,20,22)/t10-,12-,13-,14-/m1/s1. The minimum Gasteiger partial charge on any atom is -0.387 e. The number of nitrogens with zero attached hydrogens (tertiary/aromatic N) is 1. The van der Waals surface area contributed by atoms with Gasteiger partial charge in [-0.1, -0.05) is 0 Å². The third-order valence-corrected chi connectivity index (χ3v) is 3.50. The summed E-state index contributed by atoms with van der Waals surface area (Å²) in [4.78, 5) is 47.4. The van der Waals surface area contributed by atoms with Gasteiger partial charge in [0.05, 0.1) is 6.61 Å². The molecule has 2 rings (SSSR count). The average molecular weight is 356 g/mol. The fourth-order valence-electron chi connectivity index (χ4n) is 2.42. The van der Waals surface area contributed by atoms with Crippen molar-refractivity contribution in [3.05, 3.63) is 33.1 Å². The molecule has 10 heteroatoms. The molecule has 10 nitrogen and oxygen atoms in total. The van der Waals surface area contributed by atoms with Crippen LogP contribution in [0, 0.1) is 0 Å². The van der Waals surface area contributed by atoms with Crippen molar-refractivity contribution >= 4 is 11.6 Å². The number of aromatic amines is 1. The van der Waals surface area contributed by atoms with E-state index in [1.54, 1.807) is 0 Å². The molecule has 0 unspecified atom stereocenters. The summed E-state index contributed by atoms with van der Waals surface area (Å²) < 4.78 is 17.2. The van der Waals surface area contributed by atoms with Gasteiger partial charge in [0, 0.05) is 12.3 Å². The van der Waals surface area contributed by atoms with Gasteiger partial charge >= 0.3 is 5.69 Å². The highest BCUT2D eigenvalue weighted by atomic mass is 16.6. The fraction of sp³-hybridized carbons (Fsp3) is 0.600. The van der Waals surface area contributed by atoms with E-state index in [9.17, 15) is 24.3 Å². The van der Waals surface area contributed by atoms with Gasteiger partial charge in [-0.15, -0.1) is 0 Å². The average Bonchev–Trinajstić information content (AvgIpc) is 2.81. The number of ether oxygens (including phenoxy) is 3. The molecule has 0 aromatic carbocycles. The SMILES string of the molecule is CC(=O)COC[C@H]1O[C@@H](n2ccc(=O)[nH]c2=O)[C@H](OCC(C)=O)[C@@H]1O. The first kappa shape index (κ1) is 19.2. The van der Waals surface area contributed by atoms with Crippen molar-refractivity contribution in [2.75, 3.05) is 19.8 Å². The zero-order chi connectivity index (χ0) is 18.6. The Labute approximate surface area is 142 Å². The Morgan fingerprint density at radius 2 is 1.96 bits per heavy atom. The number of H-pyrrole nitrogens is 1. The number of ketones is 2. The van der Waals surface area contributed by atoms with Gasteiger partial charge in [0.15, 0.2) is 17.8 Å². The highest BCUT2D eigenvalue weighted by Gasteiger charge is 2.46. The van der Waals surface area contributed by atoms with Crippen molar-refractivity contribution in [2.24, 2.45) is 0 Å². The van der Waals surface area contributed by atoms with E-state index in [2.05, 4.69) is 4.98 Å². The minimum absolute atomic E-state index is 0.102. The lowest BCUT2D eigenvalue weighted by atomic mass is 10.1. The number of hydrogen-bond donors (Lipinski definition) is 2. The molecular weight excluding hydrogens is 336 g/mol. The van der Waals surface area contributed by atoms with Crippen molar-refractivity contribution in [1.82, 2.24) is 9.55 Å². The second-order valence-electron chi connectivity index (χ2n) is 5.77. The van der Waals surface area contributed by atoms with Crippen molar-refractivity contribution in [2.45, 2.75) is 38.4 Å². The second-order valence-corrected chi connectivity index (χ2v) is 5.77. The van der Waals surface area contributed by atoms with Gasteiger partial charge in [0.25, 0.3) is 5.56 Å². The van der Waals surface area contributed by atoms with Gasteiger partial charge in [0.1, 0.15) is 31.5 Å². The van der Waals surface area contributed by atoms with Gasteiger partial charge in [-0.2, -0.15) is 0 Å². The second kappa shape index (κ2) is 8.30. The first-order valence-electron chi connectivity index (χ1n) is 7.63. The molecule has 25 heavy (non-hydrogen) atoms. The molecular formula is C15H20N2O8. The Balaban J connectivity index is 2.21. The van der Waals surface area contributed by atoms with E-state index in [0.29, 0.717) is 0 Å². The monoisotopic (exact) mass is 356 g/mol. The van der Waals surface area contributed by atoms with E-state index in [-0.39, 0.29) is 31.4 Å². The normalized spacial score (nSPS) is 25.9. The highest BCUT2D eigenvalue weighted by Crippen LogP contribution is 2.31. The minimum atomic E-state index is -1.20. The lowest BCUT2D eigenvalue weighted by molar-refractivity contribution is -0.128. The number of aliphatic hydroxyl groups excluding tert-OH is 1. The molecule has 1 aromatic heterocycles. The van der Waals surface area contributed by atoms with E-state index in [4.69, 9.17) is 14.2 Å². The van der Waals surface area contributed by atoms with Crippen LogP contribution in [-0.4, -0.2) is 64.4 Å². The van der Waals surface area contributed by atoms with Crippen LogP contribution in [0.3, 0.4) is 0 Å². The van der Waals surface area contributed by atoms with Gasteiger partial charge < -0.3 is 19.3 Å². The lowest BCUT2D eigenvalue weighted by Gasteiger charge is -2.21. The maximum absolute atomic E-state index is 12.0. The van der Waals surface area contributed by atoms with Crippen LogP contribution in [0.5, 0.6) is 0 Å². The Hall–Kier alpha value is -2.14. The maximum atomic E-state index is 12.0. The molecule has 0 radical (unpaired) electrons. The fourth-order valence-corrected chi connectivity index (χ4v) is 2.42. The molecule has 0 spiro atoms. The summed E-state index contributed by atoms with van der Waals surface area (Å²) in [6.45, 7) is 2.15. The van der Waals surface area contributed by atoms with Gasteiger partial charge in [0.2, 0.25) is 0 Å². The molecule has 1 aromatic rings. The number of carbonyl (C=O) groups excluding carboxylic acids is 2. The smallest absolute Gasteiger partial charge is 0.330 e. The van der Waals surface area contributed by atoms with Crippen LogP contribution < -0.4 is 11.2 Å². The number of nitrogens with one attached hydrogen (secondary N) is 1. The summed E-state index contributed by atoms with van der Waals surface area (Å²) in [7, 11) is 0. The molecule has 1 aliphatic rings. The highest BCUT2D eigenvalue weighted by molar-refractivity contribution is 5.77. The van der Waals surface area contributed by atoms with Crippen LogP contribution in [0.15, 0.2) is 21.9 Å². The summed E-state index contributed by atoms with van der Waals surface area (Å²) >= 11 is 0. The summed E-state index contributed by atoms with van der Waals surface area (Å²) in [6.07, 6.45) is -2.96. The van der Waals surface area contributed by atoms with Crippen molar-refractivity contribution in [3.63, 3.8) is 0 Å². The first-order chi connectivity index (χ1) is 11.8. The number of Topliss-reactive ketones (excluding diaryl/α,β-unsaturated/α-hetero) is 2. The summed E-state index contributed by atoms with van der Waals surface area (Å²) in [5, 5.41) is 10.4. The Morgan fingerprint density at radius 1 is 1.28 bits per heavy atom. The quantitative estimate of drug-likeness (QED) is 0.567. The molecule has 2 heterocycles. The molecule has 1 saturated heterocycles. The molecule has 1 aliphatic heterocycles. The topological polar surface area (TPSA) is 137 Å². The Kier molecular flexibility index (Phi) is 6.37. The van der Waals surface area contributed by atoms with Gasteiger partial charge in [-0.3, -0.25) is 23.9 Å². The number of hydrogen-bond acceptors (Lipinski definition) is 8. The summed E-state index contributed by atoms with van der Waals surface area (Å²) in [5.41, 5.74) is -1.33. The van der Waals surface area contributed by atoms with Crippen LogP contribution in [0.25, 0.3) is 0 Å². The van der Waals surface area contributed by atoms with Gasteiger partial charge in [-0.25, -0.2) is 4.79 Å². The molecule has 0 bridgehead atoms. The summed E-state index contributed by atoms with van der Waals surface area (Å²) in [5.74, 6) is -0.457. The zero-order valence-electron chi connectivity index (χ0n) is 13.8. The molecule has 4 atom stereocenters. The van der Waals surface area contributed by atoms with Gasteiger partial charge in [-0.05, 0) is 13.8 Å². The molecule has 0 saturated carbocycles. The van der Waals surface area contributed by atoms with Crippen molar-refractivity contribution in [1.29, 1.82) is 0 Å². The largest absolute Gasteiger partial charge is 0.387 e. The zero-order valence-corrected chi connectivity index (χ0v) is 13.8. The van der Waals surface area contributed by atoms with E-state index < -0.39 is 35.8 Å². The molecule has 1 fully saturated rings.